The quantitative estimate of drug-likeness (QED) is 0.445. The predicted molar refractivity (Wildman–Crippen MR) is 132 cm³/mol. The molecule has 2 aromatic carbocycles. The monoisotopic (exact) mass is 466 g/mol. The average molecular weight is 467 g/mol. The highest BCUT2D eigenvalue weighted by atomic mass is 32.1. The van der Waals surface area contributed by atoms with E-state index in [2.05, 4.69) is 41.6 Å². The van der Waals surface area contributed by atoms with Gasteiger partial charge in [0.25, 0.3) is 11.7 Å². The second-order valence-corrected chi connectivity index (χ2v) is 9.31. The summed E-state index contributed by atoms with van der Waals surface area (Å²) in [5.74, 6) is 0.130. The van der Waals surface area contributed by atoms with Gasteiger partial charge >= 0.3 is 0 Å². The van der Waals surface area contributed by atoms with Crippen LogP contribution >= 0.6 is 11.3 Å². The fourth-order valence-corrected chi connectivity index (χ4v) is 5.35. The summed E-state index contributed by atoms with van der Waals surface area (Å²) in [6.07, 6.45) is 2.44. The molecular formula is C26H30N2O4S. The van der Waals surface area contributed by atoms with Crippen molar-refractivity contribution in [3.05, 3.63) is 58.5 Å². The SMILES string of the molecule is COc1cc2c(cc1OC)C(=O)C(=O)N(CCCN(C)CCc1csc3ccccc13)CC2. The van der Waals surface area contributed by atoms with E-state index < -0.39 is 11.7 Å². The molecule has 4 rings (SSSR count). The topological polar surface area (TPSA) is 59.1 Å². The first-order valence-corrected chi connectivity index (χ1v) is 12.1. The second kappa shape index (κ2) is 10.4. The summed E-state index contributed by atoms with van der Waals surface area (Å²) in [7, 11) is 5.20. The molecule has 2 heterocycles. The third-order valence-electron chi connectivity index (χ3n) is 6.28. The highest BCUT2D eigenvalue weighted by Gasteiger charge is 2.30. The van der Waals surface area contributed by atoms with Crippen molar-refractivity contribution in [1.29, 1.82) is 0 Å². The predicted octanol–water partition coefficient (Wildman–Crippen LogP) is 4.05. The Kier molecular flexibility index (Phi) is 7.30. The van der Waals surface area contributed by atoms with E-state index in [1.807, 2.05) is 6.07 Å². The number of benzene rings is 2. The Balaban J connectivity index is 1.31. The van der Waals surface area contributed by atoms with Crippen LogP contribution in [0.2, 0.25) is 0 Å². The molecule has 0 unspecified atom stereocenters. The maximum Gasteiger partial charge on any atom is 0.294 e. The van der Waals surface area contributed by atoms with Gasteiger partial charge in [-0.2, -0.15) is 0 Å². The van der Waals surface area contributed by atoms with Crippen molar-refractivity contribution in [2.45, 2.75) is 19.3 Å². The molecule has 1 amide bonds. The zero-order valence-electron chi connectivity index (χ0n) is 19.4. The number of thiophene rings is 1. The Labute approximate surface area is 198 Å². The van der Waals surface area contributed by atoms with Gasteiger partial charge in [0.05, 0.1) is 14.2 Å². The molecule has 1 aliphatic rings. The number of nitrogens with zero attached hydrogens (tertiary/aromatic N) is 2. The van der Waals surface area contributed by atoms with Crippen molar-refractivity contribution in [1.82, 2.24) is 9.80 Å². The Morgan fingerprint density at radius 2 is 1.82 bits per heavy atom. The lowest BCUT2D eigenvalue weighted by atomic mass is 10.0. The third kappa shape index (κ3) is 5.04. The molecule has 0 spiro atoms. The number of rotatable bonds is 9. The number of carbonyl (C=O) groups is 2. The molecule has 3 aromatic rings. The van der Waals surface area contributed by atoms with Crippen molar-refractivity contribution < 1.29 is 19.1 Å². The molecule has 0 saturated carbocycles. The lowest BCUT2D eigenvalue weighted by Crippen LogP contribution is -2.38. The van der Waals surface area contributed by atoms with Gasteiger partial charge in [-0.05, 0) is 72.9 Å². The summed E-state index contributed by atoms with van der Waals surface area (Å²) < 4.78 is 12.0. The molecule has 1 aliphatic heterocycles. The van der Waals surface area contributed by atoms with Crippen LogP contribution in [0.5, 0.6) is 11.5 Å². The minimum absolute atomic E-state index is 0.417. The summed E-state index contributed by atoms with van der Waals surface area (Å²) in [5.41, 5.74) is 2.63. The number of ether oxygens (including phenoxy) is 2. The summed E-state index contributed by atoms with van der Waals surface area (Å²) in [6.45, 7) is 2.92. The molecule has 0 bridgehead atoms. The number of fused-ring (bicyclic) bond motifs is 2. The van der Waals surface area contributed by atoms with E-state index in [0.29, 0.717) is 36.6 Å². The zero-order valence-corrected chi connectivity index (χ0v) is 20.2. The number of ketones is 1. The number of Topliss-reactive ketones (excluding diaryl/α,β-unsaturated/α-hetero) is 1. The van der Waals surface area contributed by atoms with Crippen molar-refractivity contribution in [3.8, 4) is 11.5 Å². The van der Waals surface area contributed by atoms with Gasteiger partial charge in [-0.3, -0.25) is 9.59 Å². The van der Waals surface area contributed by atoms with Crippen molar-refractivity contribution in [2.24, 2.45) is 0 Å². The highest BCUT2D eigenvalue weighted by molar-refractivity contribution is 7.17. The van der Waals surface area contributed by atoms with Crippen LogP contribution in [0.25, 0.3) is 10.1 Å². The van der Waals surface area contributed by atoms with E-state index in [-0.39, 0.29) is 0 Å². The van der Waals surface area contributed by atoms with Gasteiger partial charge in [-0.15, -0.1) is 11.3 Å². The Morgan fingerprint density at radius 1 is 1.06 bits per heavy atom. The largest absolute Gasteiger partial charge is 0.493 e. The van der Waals surface area contributed by atoms with Gasteiger partial charge in [0.15, 0.2) is 11.5 Å². The van der Waals surface area contributed by atoms with Gasteiger partial charge in [-0.25, -0.2) is 0 Å². The molecule has 1 aromatic heterocycles. The number of hydrogen-bond donors (Lipinski definition) is 0. The first-order chi connectivity index (χ1) is 16.0. The molecule has 0 N–H and O–H groups in total. The van der Waals surface area contributed by atoms with E-state index in [4.69, 9.17) is 9.47 Å². The van der Waals surface area contributed by atoms with Crippen molar-refractivity contribution >= 4 is 33.1 Å². The van der Waals surface area contributed by atoms with E-state index in [0.717, 1.165) is 31.5 Å². The zero-order chi connectivity index (χ0) is 23.4. The van der Waals surface area contributed by atoms with Gasteiger partial charge in [-0.1, -0.05) is 18.2 Å². The maximum atomic E-state index is 12.9. The first kappa shape index (κ1) is 23.3. The van der Waals surface area contributed by atoms with Crippen LogP contribution in [-0.4, -0.2) is 68.9 Å². The van der Waals surface area contributed by atoms with Crippen LogP contribution in [-0.2, 0) is 17.6 Å². The number of hydrogen-bond acceptors (Lipinski definition) is 6. The average Bonchev–Trinajstić information content (AvgIpc) is 3.21. The van der Waals surface area contributed by atoms with Gasteiger partial charge in [0.2, 0.25) is 0 Å². The lowest BCUT2D eigenvalue weighted by molar-refractivity contribution is -0.126. The second-order valence-electron chi connectivity index (χ2n) is 8.40. The highest BCUT2D eigenvalue weighted by Crippen LogP contribution is 2.32. The molecule has 0 atom stereocenters. The van der Waals surface area contributed by atoms with E-state index in [1.165, 1.54) is 22.8 Å². The molecule has 0 fully saturated rings. The van der Waals surface area contributed by atoms with Gasteiger partial charge < -0.3 is 19.3 Å². The first-order valence-electron chi connectivity index (χ1n) is 11.2. The molecule has 174 valence electrons. The van der Waals surface area contributed by atoms with Crippen molar-refractivity contribution in [3.63, 3.8) is 0 Å². The van der Waals surface area contributed by atoms with Crippen LogP contribution in [0.15, 0.2) is 41.8 Å². The van der Waals surface area contributed by atoms with Crippen LogP contribution < -0.4 is 9.47 Å². The Hall–Kier alpha value is -2.90. The third-order valence-corrected chi connectivity index (χ3v) is 7.29. The summed E-state index contributed by atoms with van der Waals surface area (Å²) in [6, 6.07) is 12.0. The molecule has 0 saturated heterocycles. The Morgan fingerprint density at radius 3 is 2.61 bits per heavy atom. The minimum atomic E-state index is -0.471. The molecule has 33 heavy (non-hydrogen) atoms. The fourth-order valence-electron chi connectivity index (χ4n) is 4.35. The van der Waals surface area contributed by atoms with Gasteiger partial charge in [0, 0.05) is 29.9 Å². The van der Waals surface area contributed by atoms with E-state index in [1.54, 1.807) is 29.4 Å². The molecule has 6 nitrogen and oxygen atoms in total. The van der Waals surface area contributed by atoms with Crippen LogP contribution in [0.4, 0.5) is 0 Å². The fraction of sp³-hybridized carbons (Fsp3) is 0.385. The number of amides is 1. The maximum absolute atomic E-state index is 12.9. The number of likely N-dealkylation sites (N-methyl/N-ethyl adjacent to an activating group) is 1. The molecular weight excluding hydrogens is 436 g/mol. The minimum Gasteiger partial charge on any atom is -0.493 e. The molecule has 0 radical (unpaired) electrons. The number of methoxy groups -OCH3 is 2. The van der Waals surface area contributed by atoms with E-state index >= 15 is 0 Å². The van der Waals surface area contributed by atoms with Gasteiger partial charge in [0.1, 0.15) is 0 Å². The number of carbonyl (C=O) groups excluding carboxylic acids is 2. The van der Waals surface area contributed by atoms with Crippen molar-refractivity contribution in [2.75, 3.05) is 47.4 Å². The lowest BCUT2D eigenvalue weighted by Gasteiger charge is -2.22. The summed E-state index contributed by atoms with van der Waals surface area (Å²) in [4.78, 5) is 29.7. The molecule has 7 heteroatoms. The molecule has 0 aliphatic carbocycles. The normalized spacial score (nSPS) is 14.0. The Bertz CT molecular complexity index is 1160. The van der Waals surface area contributed by atoms with Crippen LogP contribution in [0.1, 0.15) is 27.9 Å². The van der Waals surface area contributed by atoms with Crippen LogP contribution in [0.3, 0.4) is 0 Å². The smallest absolute Gasteiger partial charge is 0.294 e. The summed E-state index contributed by atoms with van der Waals surface area (Å²) >= 11 is 1.79. The van der Waals surface area contributed by atoms with E-state index in [9.17, 15) is 9.59 Å². The standard InChI is InChI=1S/C26H30N2O4S/c1-27(13-9-19-17-33-24-8-5-4-7-20(19)24)11-6-12-28-14-10-18-15-22(31-2)23(32-3)16-21(18)25(29)26(28)30/h4-5,7-8,15-17H,6,9-14H2,1-3H3. The summed E-state index contributed by atoms with van der Waals surface area (Å²) in [5, 5.41) is 3.60. The van der Waals surface area contributed by atoms with Crippen LogP contribution in [0, 0.1) is 0 Å².